The molecule has 0 aromatic carbocycles. The number of Topliss-reactive ketones (excluding diaryl/α,β-unsaturated/α-hetero) is 1. The van der Waals surface area contributed by atoms with Crippen LogP contribution >= 0.6 is 22.6 Å². The van der Waals surface area contributed by atoms with E-state index in [4.69, 9.17) is 5.73 Å². The Morgan fingerprint density at radius 2 is 2.17 bits per heavy atom. The van der Waals surface area contributed by atoms with Crippen LogP contribution in [-0.2, 0) is 14.5 Å². The lowest BCUT2D eigenvalue weighted by atomic mass is 10.3. The number of ketones is 1. The van der Waals surface area contributed by atoms with Crippen LogP contribution in [0.25, 0.3) is 0 Å². The topological polar surface area (TPSA) is 102 Å². The van der Waals surface area contributed by atoms with E-state index in [9.17, 15) is 13.8 Å². The first-order valence-electron chi connectivity index (χ1n) is 4.86. The van der Waals surface area contributed by atoms with Crippen molar-refractivity contribution >= 4 is 49.8 Å². The van der Waals surface area contributed by atoms with Crippen molar-refractivity contribution in [2.75, 3.05) is 17.7 Å². The lowest BCUT2D eigenvalue weighted by Gasteiger charge is -2.02. The van der Waals surface area contributed by atoms with Crippen LogP contribution in [-0.4, -0.2) is 32.9 Å². The van der Waals surface area contributed by atoms with Crippen LogP contribution in [0, 0.1) is 3.57 Å². The maximum Gasteiger partial charge on any atom is 0.286 e. The Balaban J connectivity index is 3.08. The summed E-state index contributed by atoms with van der Waals surface area (Å²) in [5.74, 6) is -0.857. The molecule has 0 radical (unpaired) electrons. The lowest BCUT2D eigenvalue weighted by Crippen LogP contribution is -2.13. The highest BCUT2D eigenvalue weighted by Gasteiger charge is 2.12. The molecule has 1 amide bonds. The summed E-state index contributed by atoms with van der Waals surface area (Å²) >= 11 is 1.93. The third kappa shape index (κ3) is 4.33. The van der Waals surface area contributed by atoms with Crippen molar-refractivity contribution in [3.05, 3.63) is 21.4 Å². The Hall–Kier alpha value is -1.03. The Morgan fingerprint density at radius 1 is 1.56 bits per heavy atom. The standard InChI is InChI=1S/C10H12IN3O3S/c1-6(15)5-18(2,17)14-10(16)7-3-8(11)9(12)13-4-7/h3-4H,5H2,1-2H3,(H2,12,13). The summed E-state index contributed by atoms with van der Waals surface area (Å²) in [5, 5.41) is 0. The molecule has 1 rings (SSSR count). The summed E-state index contributed by atoms with van der Waals surface area (Å²) in [7, 11) is -2.84. The van der Waals surface area contributed by atoms with Crippen LogP contribution in [0.4, 0.5) is 5.82 Å². The molecule has 8 heteroatoms. The molecule has 0 spiro atoms. The summed E-state index contributed by atoms with van der Waals surface area (Å²) in [6.45, 7) is 1.30. The van der Waals surface area contributed by atoms with Crippen LogP contribution < -0.4 is 5.73 Å². The highest BCUT2D eigenvalue weighted by atomic mass is 127. The fourth-order valence-electron chi connectivity index (χ4n) is 1.20. The highest BCUT2D eigenvalue weighted by molar-refractivity contribution is 14.1. The Morgan fingerprint density at radius 3 is 2.67 bits per heavy atom. The van der Waals surface area contributed by atoms with Crippen molar-refractivity contribution in [1.82, 2.24) is 4.98 Å². The van der Waals surface area contributed by atoms with E-state index >= 15 is 0 Å². The Bertz CT molecular complexity index is 621. The van der Waals surface area contributed by atoms with Crippen LogP contribution in [0.2, 0.25) is 0 Å². The number of pyridine rings is 1. The van der Waals surface area contributed by atoms with E-state index in [-0.39, 0.29) is 17.1 Å². The molecule has 1 unspecified atom stereocenters. The first kappa shape index (κ1) is 15.0. The molecule has 18 heavy (non-hydrogen) atoms. The molecule has 0 saturated heterocycles. The predicted molar refractivity (Wildman–Crippen MR) is 77.7 cm³/mol. The number of nitrogens with zero attached hydrogens (tertiary/aromatic N) is 2. The van der Waals surface area contributed by atoms with Crippen LogP contribution in [0.5, 0.6) is 0 Å². The molecule has 1 heterocycles. The molecule has 0 aliphatic heterocycles. The number of anilines is 1. The number of hydrogen-bond donors (Lipinski definition) is 1. The molecule has 1 atom stereocenters. The molecular formula is C10H12IN3O3S. The first-order valence-corrected chi connectivity index (χ1v) is 8.03. The van der Waals surface area contributed by atoms with E-state index in [2.05, 4.69) is 9.35 Å². The normalized spacial score (nSPS) is 13.7. The van der Waals surface area contributed by atoms with Gasteiger partial charge < -0.3 is 5.73 Å². The number of aromatic nitrogens is 1. The zero-order valence-corrected chi connectivity index (χ0v) is 12.8. The van der Waals surface area contributed by atoms with E-state index in [0.29, 0.717) is 9.39 Å². The summed E-state index contributed by atoms with van der Waals surface area (Å²) in [6, 6.07) is 1.51. The van der Waals surface area contributed by atoms with E-state index in [1.165, 1.54) is 25.4 Å². The van der Waals surface area contributed by atoms with Gasteiger partial charge in [-0.25, -0.2) is 9.19 Å². The minimum Gasteiger partial charge on any atom is -0.383 e. The number of nitrogens with two attached hydrogens (primary N) is 1. The average molecular weight is 381 g/mol. The molecular weight excluding hydrogens is 369 g/mol. The van der Waals surface area contributed by atoms with Crippen molar-refractivity contribution < 1.29 is 13.8 Å². The monoisotopic (exact) mass is 381 g/mol. The highest BCUT2D eigenvalue weighted by Crippen LogP contribution is 2.14. The molecule has 0 bridgehead atoms. The SMILES string of the molecule is CC(=O)CS(C)(=O)=NC(=O)c1cnc(N)c(I)c1. The largest absolute Gasteiger partial charge is 0.383 e. The van der Waals surface area contributed by atoms with Gasteiger partial charge in [-0.1, -0.05) is 0 Å². The number of rotatable bonds is 3. The van der Waals surface area contributed by atoms with Gasteiger partial charge in [-0.05, 0) is 35.6 Å². The molecule has 0 fully saturated rings. The van der Waals surface area contributed by atoms with Gasteiger partial charge in [0.05, 0.1) is 24.6 Å². The van der Waals surface area contributed by atoms with Crippen molar-refractivity contribution in [3.63, 3.8) is 0 Å². The quantitative estimate of drug-likeness (QED) is 0.790. The van der Waals surface area contributed by atoms with E-state index < -0.39 is 15.6 Å². The fourth-order valence-corrected chi connectivity index (χ4v) is 2.95. The van der Waals surface area contributed by atoms with Gasteiger partial charge in [0.1, 0.15) is 11.6 Å². The van der Waals surface area contributed by atoms with E-state index in [1.807, 2.05) is 22.6 Å². The zero-order valence-electron chi connectivity index (χ0n) is 9.84. The van der Waals surface area contributed by atoms with Gasteiger partial charge in [0.15, 0.2) is 0 Å². The minimum absolute atomic E-state index is 0.201. The third-order valence-corrected chi connectivity index (χ3v) is 4.22. The van der Waals surface area contributed by atoms with Crippen molar-refractivity contribution in [2.45, 2.75) is 6.92 Å². The lowest BCUT2D eigenvalue weighted by molar-refractivity contribution is -0.114. The Labute approximate surface area is 119 Å². The van der Waals surface area contributed by atoms with Crippen molar-refractivity contribution in [3.8, 4) is 0 Å². The number of halogens is 1. The number of carbonyl (C=O) groups is 2. The van der Waals surface area contributed by atoms with Crippen molar-refractivity contribution in [2.24, 2.45) is 4.36 Å². The Kier molecular flexibility index (Phi) is 4.79. The molecule has 6 nitrogen and oxygen atoms in total. The van der Waals surface area contributed by atoms with Gasteiger partial charge in [-0.2, -0.15) is 4.36 Å². The summed E-state index contributed by atoms with van der Waals surface area (Å²) in [5.41, 5.74) is 5.72. The molecule has 1 aromatic rings. The molecule has 2 N–H and O–H groups in total. The van der Waals surface area contributed by atoms with Crippen LogP contribution in [0.1, 0.15) is 17.3 Å². The van der Waals surface area contributed by atoms with Gasteiger partial charge in [-0.15, -0.1) is 0 Å². The zero-order chi connectivity index (χ0) is 13.9. The second-order valence-electron chi connectivity index (χ2n) is 3.79. The molecule has 1 aromatic heterocycles. The van der Waals surface area contributed by atoms with E-state index in [1.54, 1.807) is 0 Å². The van der Waals surface area contributed by atoms with Crippen LogP contribution in [0.15, 0.2) is 16.6 Å². The fraction of sp³-hybridized carbons (Fsp3) is 0.300. The molecule has 0 saturated carbocycles. The van der Waals surface area contributed by atoms with Crippen molar-refractivity contribution in [1.29, 1.82) is 0 Å². The number of nitrogen functional groups attached to an aromatic ring is 1. The summed E-state index contributed by atoms with van der Waals surface area (Å²) in [6.07, 6.45) is 2.55. The van der Waals surface area contributed by atoms with Gasteiger partial charge in [0.2, 0.25) is 0 Å². The third-order valence-electron chi connectivity index (χ3n) is 1.86. The maximum absolute atomic E-state index is 11.9. The van der Waals surface area contributed by atoms with Gasteiger partial charge in [0, 0.05) is 12.5 Å². The number of carbonyl (C=O) groups excluding carboxylic acids is 2. The molecule has 98 valence electrons. The first-order chi connectivity index (χ1) is 8.21. The number of hydrogen-bond acceptors (Lipinski definition) is 5. The van der Waals surface area contributed by atoms with Crippen LogP contribution in [0.3, 0.4) is 0 Å². The minimum atomic E-state index is -2.84. The molecule has 0 aliphatic rings. The van der Waals surface area contributed by atoms with Gasteiger partial charge >= 0.3 is 0 Å². The second kappa shape index (κ2) is 5.74. The van der Waals surface area contributed by atoms with Gasteiger partial charge in [0.25, 0.3) is 5.91 Å². The van der Waals surface area contributed by atoms with E-state index in [0.717, 1.165) is 0 Å². The smallest absolute Gasteiger partial charge is 0.286 e. The maximum atomic E-state index is 11.9. The average Bonchev–Trinajstić information content (AvgIpc) is 2.19. The van der Waals surface area contributed by atoms with Gasteiger partial charge in [-0.3, -0.25) is 9.59 Å². The summed E-state index contributed by atoms with van der Waals surface area (Å²) in [4.78, 5) is 26.5. The predicted octanol–water partition coefficient (Wildman–Crippen LogP) is 1.10. The molecule has 0 aliphatic carbocycles. The second-order valence-corrected chi connectivity index (χ2v) is 7.35. The summed E-state index contributed by atoms with van der Waals surface area (Å²) < 4.78 is 16.1. The number of amides is 1.